The van der Waals surface area contributed by atoms with Crippen molar-refractivity contribution < 1.29 is 19.4 Å². The van der Waals surface area contributed by atoms with Crippen LogP contribution in [0.3, 0.4) is 0 Å². The normalized spacial score (nSPS) is 22.6. The lowest BCUT2D eigenvalue weighted by Gasteiger charge is -2.46. The summed E-state index contributed by atoms with van der Waals surface area (Å²) in [5, 5.41) is 10.00. The number of hydrogen-bond acceptors (Lipinski definition) is 5. The number of rotatable bonds is 3. The van der Waals surface area contributed by atoms with E-state index in [1.165, 1.54) is 20.9 Å². The van der Waals surface area contributed by atoms with Crippen molar-refractivity contribution in [1.29, 1.82) is 0 Å². The predicted octanol–water partition coefficient (Wildman–Crippen LogP) is 3.59. The van der Waals surface area contributed by atoms with Gasteiger partial charge in [-0.25, -0.2) is 0 Å². The van der Waals surface area contributed by atoms with Crippen LogP contribution in [0.5, 0.6) is 0 Å². The number of likely N-dealkylation sites (tertiary alicyclic amines) is 1. The second kappa shape index (κ2) is 8.08. The third kappa shape index (κ3) is 3.40. The van der Waals surface area contributed by atoms with Crippen LogP contribution in [0.2, 0.25) is 0 Å². The van der Waals surface area contributed by atoms with Gasteiger partial charge in [-0.2, -0.15) is 0 Å². The van der Waals surface area contributed by atoms with Crippen molar-refractivity contribution in [2.45, 2.75) is 37.7 Å². The molecule has 5 rings (SSSR count). The lowest BCUT2D eigenvalue weighted by molar-refractivity contribution is -0.159. The van der Waals surface area contributed by atoms with Crippen molar-refractivity contribution in [3.05, 3.63) is 46.8 Å². The summed E-state index contributed by atoms with van der Waals surface area (Å²) in [4.78, 5) is 18.0. The van der Waals surface area contributed by atoms with E-state index in [2.05, 4.69) is 30.3 Å². The number of aliphatic hydroxyl groups is 1. The Balaban J connectivity index is 1.35. The Labute approximate surface area is 181 Å². The number of fused-ring (bicyclic) bond motifs is 2. The van der Waals surface area contributed by atoms with Crippen LogP contribution in [0, 0.1) is 5.41 Å². The van der Waals surface area contributed by atoms with Crippen LogP contribution in [0.1, 0.15) is 36.1 Å². The number of amides is 1. The molecule has 2 saturated heterocycles. The Hall–Kier alpha value is -1.73. The third-order valence-corrected chi connectivity index (χ3v) is 8.37. The van der Waals surface area contributed by atoms with Crippen molar-refractivity contribution in [3.63, 3.8) is 0 Å². The third-order valence-electron chi connectivity index (χ3n) is 7.13. The molecule has 1 amide bonds. The summed E-state index contributed by atoms with van der Waals surface area (Å²) in [6.45, 7) is 3.10. The molecule has 0 bridgehead atoms. The summed E-state index contributed by atoms with van der Waals surface area (Å²) >= 11 is 1.88. The highest BCUT2D eigenvalue weighted by atomic mass is 32.1. The van der Waals surface area contributed by atoms with Crippen molar-refractivity contribution in [2.75, 3.05) is 39.5 Å². The van der Waals surface area contributed by atoms with Gasteiger partial charge < -0.3 is 19.5 Å². The maximum absolute atomic E-state index is 13.3. The van der Waals surface area contributed by atoms with Gasteiger partial charge in [-0.05, 0) is 42.9 Å². The number of piperidine rings is 1. The molecule has 160 valence electrons. The van der Waals surface area contributed by atoms with E-state index in [4.69, 9.17) is 9.47 Å². The molecule has 0 saturated carbocycles. The molecular formula is C24H29NO4S. The SMILES string of the molecule is O=C(N1CCC2(CC1)OCCc1sc(-c3ccccc3)cc12)C1(CO)CCOCC1. The maximum Gasteiger partial charge on any atom is 0.231 e. The Morgan fingerprint density at radius 2 is 1.80 bits per heavy atom. The van der Waals surface area contributed by atoms with Crippen LogP contribution in [0.15, 0.2) is 36.4 Å². The lowest BCUT2D eigenvalue weighted by Crippen LogP contribution is -2.54. The highest BCUT2D eigenvalue weighted by molar-refractivity contribution is 7.15. The summed E-state index contributed by atoms with van der Waals surface area (Å²) in [6, 6.07) is 12.9. The Morgan fingerprint density at radius 3 is 2.50 bits per heavy atom. The van der Waals surface area contributed by atoms with Crippen LogP contribution in [0.4, 0.5) is 0 Å². The first-order valence-electron chi connectivity index (χ1n) is 11.0. The fourth-order valence-corrected chi connectivity index (χ4v) is 6.42. The van der Waals surface area contributed by atoms with Crippen molar-refractivity contribution in [2.24, 2.45) is 5.41 Å². The van der Waals surface area contributed by atoms with Gasteiger partial charge in [0.25, 0.3) is 0 Å². The van der Waals surface area contributed by atoms with E-state index in [1.54, 1.807) is 0 Å². The molecule has 3 aliphatic heterocycles. The summed E-state index contributed by atoms with van der Waals surface area (Å²) in [5.74, 6) is 0.0921. The zero-order valence-corrected chi connectivity index (χ0v) is 18.1. The van der Waals surface area contributed by atoms with Crippen LogP contribution in [0.25, 0.3) is 10.4 Å². The zero-order chi connectivity index (χ0) is 20.6. The van der Waals surface area contributed by atoms with E-state index in [-0.39, 0.29) is 18.1 Å². The first-order chi connectivity index (χ1) is 14.7. The first kappa shape index (κ1) is 20.2. The smallest absolute Gasteiger partial charge is 0.231 e. The molecule has 1 aromatic carbocycles. The number of nitrogens with zero attached hydrogens (tertiary/aromatic N) is 1. The van der Waals surface area contributed by atoms with Gasteiger partial charge >= 0.3 is 0 Å². The average Bonchev–Trinajstić information content (AvgIpc) is 3.26. The topological polar surface area (TPSA) is 59.0 Å². The molecular weight excluding hydrogens is 398 g/mol. The minimum atomic E-state index is -0.663. The van der Waals surface area contributed by atoms with E-state index < -0.39 is 5.41 Å². The zero-order valence-electron chi connectivity index (χ0n) is 17.3. The molecule has 0 atom stereocenters. The molecule has 4 heterocycles. The van der Waals surface area contributed by atoms with Gasteiger partial charge in [0.15, 0.2) is 0 Å². The van der Waals surface area contributed by atoms with Gasteiger partial charge in [0, 0.05) is 42.5 Å². The van der Waals surface area contributed by atoms with E-state index in [1.807, 2.05) is 22.3 Å². The molecule has 2 fully saturated rings. The van der Waals surface area contributed by atoms with Crippen molar-refractivity contribution in [3.8, 4) is 10.4 Å². The van der Waals surface area contributed by atoms with Gasteiger partial charge in [0.1, 0.15) is 0 Å². The van der Waals surface area contributed by atoms with E-state index in [9.17, 15) is 9.90 Å². The fourth-order valence-electron chi connectivity index (χ4n) is 5.18. The van der Waals surface area contributed by atoms with Crippen LogP contribution in [-0.2, 0) is 26.3 Å². The van der Waals surface area contributed by atoms with Gasteiger partial charge in [0.2, 0.25) is 5.91 Å². The summed E-state index contributed by atoms with van der Waals surface area (Å²) in [7, 11) is 0. The number of hydrogen-bond donors (Lipinski definition) is 1. The maximum atomic E-state index is 13.3. The second-order valence-electron chi connectivity index (χ2n) is 8.75. The molecule has 6 heteroatoms. The summed E-state index contributed by atoms with van der Waals surface area (Å²) in [5.41, 5.74) is 1.64. The molecule has 1 N–H and O–H groups in total. The molecule has 0 aliphatic carbocycles. The van der Waals surface area contributed by atoms with Crippen molar-refractivity contribution >= 4 is 17.2 Å². The Kier molecular flexibility index (Phi) is 5.44. The highest BCUT2D eigenvalue weighted by Gasteiger charge is 2.47. The molecule has 0 radical (unpaired) electrons. The predicted molar refractivity (Wildman–Crippen MR) is 116 cm³/mol. The van der Waals surface area contributed by atoms with Crippen LogP contribution < -0.4 is 0 Å². The number of benzene rings is 1. The first-order valence-corrected chi connectivity index (χ1v) is 11.8. The Morgan fingerprint density at radius 1 is 1.07 bits per heavy atom. The van der Waals surface area contributed by atoms with E-state index in [0.29, 0.717) is 39.1 Å². The number of ether oxygens (including phenoxy) is 2. The van der Waals surface area contributed by atoms with Gasteiger partial charge in [-0.15, -0.1) is 11.3 Å². The second-order valence-corrected chi connectivity index (χ2v) is 9.89. The van der Waals surface area contributed by atoms with Crippen LogP contribution >= 0.6 is 11.3 Å². The lowest BCUT2D eigenvalue weighted by atomic mass is 9.77. The molecule has 5 nitrogen and oxygen atoms in total. The fraction of sp³-hybridized carbons (Fsp3) is 0.542. The largest absolute Gasteiger partial charge is 0.395 e. The average molecular weight is 428 g/mol. The van der Waals surface area contributed by atoms with E-state index in [0.717, 1.165) is 25.9 Å². The van der Waals surface area contributed by atoms with Gasteiger partial charge in [-0.1, -0.05) is 30.3 Å². The number of thiophene rings is 1. The molecule has 2 aromatic rings. The van der Waals surface area contributed by atoms with Crippen LogP contribution in [-0.4, -0.2) is 55.4 Å². The van der Waals surface area contributed by atoms with Gasteiger partial charge in [-0.3, -0.25) is 4.79 Å². The van der Waals surface area contributed by atoms with Gasteiger partial charge in [0.05, 0.1) is 24.2 Å². The quantitative estimate of drug-likeness (QED) is 0.813. The standard InChI is InChI=1S/C24H29NO4S/c26-17-23(9-14-28-15-10-23)22(27)25-11-7-24(8-12-25)19-16-21(18-4-2-1-3-5-18)30-20(19)6-13-29-24/h1-5,16,26H,6-15,17H2. The molecule has 30 heavy (non-hydrogen) atoms. The molecule has 1 aromatic heterocycles. The summed E-state index contributed by atoms with van der Waals surface area (Å²) in [6.07, 6.45) is 3.81. The minimum absolute atomic E-state index is 0.0921. The number of carbonyl (C=O) groups excluding carboxylic acids is 1. The van der Waals surface area contributed by atoms with Crippen molar-refractivity contribution in [1.82, 2.24) is 4.90 Å². The summed E-state index contributed by atoms with van der Waals surface area (Å²) < 4.78 is 11.8. The monoisotopic (exact) mass is 427 g/mol. The van der Waals surface area contributed by atoms with E-state index >= 15 is 0 Å². The molecule has 3 aliphatic rings. The Bertz CT molecular complexity index is 895. The molecule has 1 spiro atoms. The number of aliphatic hydroxyl groups excluding tert-OH is 1. The minimum Gasteiger partial charge on any atom is -0.395 e. The highest BCUT2D eigenvalue weighted by Crippen LogP contribution is 2.47. The molecule has 0 unspecified atom stereocenters. The number of carbonyl (C=O) groups is 1.